The highest BCUT2D eigenvalue weighted by molar-refractivity contribution is 7.94. The summed E-state index contributed by atoms with van der Waals surface area (Å²) in [7, 11) is -3.54. The van der Waals surface area contributed by atoms with Crippen LogP contribution in [0.3, 0.4) is 0 Å². The highest BCUT2D eigenvalue weighted by Gasteiger charge is 2.35. The number of rotatable bonds is 6. The Bertz CT molecular complexity index is 1400. The monoisotopic (exact) mass is 516 g/mol. The third-order valence-electron chi connectivity index (χ3n) is 5.35. The van der Waals surface area contributed by atoms with Gasteiger partial charge in [-0.15, -0.1) is 0 Å². The number of guanidine groups is 1. The van der Waals surface area contributed by atoms with Gasteiger partial charge in [-0.05, 0) is 56.7 Å². The molecule has 4 rings (SSSR count). The van der Waals surface area contributed by atoms with Gasteiger partial charge in [0.15, 0.2) is 0 Å². The van der Waals surface area contributed by atoms with E-state index in [1.54, 1.807) is 13.1 Å². The van der Waals surface area contributed by atoms with E-state index in [1.165, 1.54) is 17.5 Å². The highest BCUT2D eigenvalue weighted by Crippen LogP contribution is 2.45. The third-order valence-corrected chi connectivity index (χ3v) is 9.21. The van der Waals surface area contributed by atoms with Crippen molar-refractivity contribution in [2.75, 3.05) is 12.0 Å². The van der Waals surface area contributed by atoms with E-state index in [9.17, 15) is 13.0 Å². The van der Waals surface area contributed by atoms with E-state index in [0.29, 0.717) is 31.7 Å². The van der Waals surface area contributed by atoms with Gasteiger partial charge in [-0.3, -0.25) is 9.71 Å². The molecule has 3 aromatic rings. The van der Waals surface area contributed by atoms with Crippen LogP contribution >= 0.6 is 11.3 Å². The van der Waals surface area contributed by atoms with Gasteiger partial charge in [0.05, 0.1) is 17.6 Å². The second-order valence-corrected chi connectivity index (χ2v) is 12.6. The molecule has 1 fully saturated rings. The number of hydrogen-bond donors (Lipinski definition) is 2. The van der Waals surface area contributed by atoms with E-state index in [-0.39, 0.29) is 11.2 Å². The maximum atomic E-state index is 13.1. The summed E-state index contributed by atoms with van der Waals surface area (Å²) in [6.45, 7) is 5.14. The number of thiophene rings is 1. The standard InChI is InChI=1S/C22H24N6O3S3/c1-13(12-26-22(24-2)28-34(3,30)31)17-11-15(16-9-4-5-10-25-16)18-19(23)21(32-20(18)27-17)33(29)14-7-6-8-14/h4-5,9-12,14H,2,6-8,23H2,1,3H3,(H,26,28)/b13-12+. The van der Waals surface area contributed by atoms with Crippen LogP contribution in [-0.4, -0.2) is 47.1 Å². The summed E-state index contributed by atoms with van der Waals surface area (Å²) in [6.07, 6.45) is 7.13. The summed E-state index contributed by atoms with van der Waals surface area (Å²) < 4.78 is 38.9. The van der Waals surface area contributed by atoms with Crippen molar-refractivity contribution in [3.05, 3.63) is 42.4 Å². The Labute approximate surface area is 205 Å². The van der Waals surface area contributed by atoms with Gasteiger partial charge in [-0.1, -0.05) is 17.4 Å². The van der Waals surface area contributed by atoms with Crippen molar-refractivity contribution < 1.29 is 13.0 Å². The normalized spacial score (nSPS) is 16.3. The highest BCUT2D eigenvalue weighted by atomic mass is 32.2. The molecule has 1 atom stereocenters. The van der Waals surface area contributed by atoms with E-state index in [0.717, 1.165) is 36.5 Å². The zero-order valence-corrected chi connectivity index (χ0v) is 21.1. The lowest BCUT2D eigenvalue weighted by molar-refractivity contribution is 0.478. The molecule has 0 bridgehead atoms. The number of aliphatic imine (C=N–C) groups is 2. The predicted octanol–water partition coefficient (Wildman–Crippen LogP) is 3.57. The van der Waals surface area contributed by atoms with Gasteiger partial charge >= 0.3 is 0 Å². The van der Waals surface area contributed by atoms with Crippen LogP contribution in [-0.2, 0) is 21.2 Å². The molecular formula is C22H24N6O3S3. The number of fused-ring (bicyclic) bond motifs is 1. The molecule has 1 aliphatic carbocycles. The second-order valence-electron chi connectivity index (χ2n) is 7.90. The number of sulfonamides is 1. The third kappa shape index (κ3) is 5.14. The SMILES string of the molecule is C=N/C(=N\C=C(/C)c1cc(-c2ccccn2)c2c(N)c([S+]([O-])C3CCC3)sc2n1)NS(C)(=O)=O. The van der Waals surface area contributed by atoms with Gasteiger partial charge in [0.25, 0.3) is 0 Å². The van der Waals surface area contributed by atoms with Crippen LogP contribution in [0.15, 0.2) is 50.9 Å². The van der Waals surface area contributed by atoms with E-state index in [1.807, 2.05) is 24.3 Å². The van der Waals surface area contributed by atoms with Gasteiger partial charge in [-0.2, -0.15) is 0 Å². The lowest BCUT2D eigenvalue weighted by Crippen LogP contribution is -2.28. The van der Waals surface area contributed by atoms with Crippen molar-refractivity contribution in [2.45, 2.75) is 35.6 Å². The van der Waals surface area contributed by atoms with Gasteiger partial charge < -0.3 is 10.3 Å². The number of nitrogen functional groups attached to an aromatic ring is 1. The molecule has 3 heterocycles. The summed E-state index contributed by atoms with van der Waals surface area (Å²) in [5.74, 6) is -0.147. The Kier molecular flexibility index (Phi) is 7.03. The fourth-order valence-electron chi connectivity index (χ4n) is 3.40. The first-order chi connectivity index (χ1) is 16.2. The first kappa shape index (κ1) is 24.3. The summed E-state index contributed by atoms with van der Waals surface area (Å²) in [5.41, 5.74) is 9.76. The molecule has 178 valence electrons. The minimum Gasteiger partial charge on any atom is -0.611 e. The van der Waals surface area contributed by atoms with Crippen LogP contribution in [0, 0.1) is 0 Å². The first-order valence-corrected chi connectivity index (χ1v) is 14.3. The molecule has 3 aromatic heterocycles. The fourth-order valence-corrected chi connectivity index (χ4v) is 7.06. The first-order valence-electron chi connectivity index (χ1n) is 10.4. The Hall–Kier alpha value is -2.80. The minimum absolute atomic E-state index is 0.135. The average Bonchev–Trinajstić information content (AvgIpc) is 3.11. The maximum Gasteiger partial charge on any atom is 0.235 e. The number of anilines is 1. The van der Waals surface area contributed by atoms with Crippen LogP contribution in [0.1, 0.15) is 31.9 Å². The number of nitrogens with one attached hydrogen (secondary N) is 1. The molecule has 12 heteroatoms. The summed E-state index contributed by atoms with van der Waals surface area (Å²) in [4.78, 5) is 17.6. The van der Waals surface area contributed by atoms with E-state index in [4.69, 9.17) is 10.7 Å². The maximum absolute atomic E-state index is 13.1. The molecule has 0 saturated heterocycles. The Morgan fingerprint density at radius 1 is 1.41 bits per heavy atom. The molecule has 0 aliphatic heterocycles. The lowest BCUT2D eigenvalue weighted by Gasteiger charge is -2.27. The number of nitrogens with two attached hydrogens (primary N) is 1. The number of allylic oxidation sites excluding steroid dienone is 1. The molecular weight excluding hydrogens is 492 g/mol. The van der Waals surface area contributed by atoms with Gasteiger partial charge in [0.1, 0.15) is 15.8 Å². The van der Waals surface area contributed by atoms with Gasteiger partial charge in [0.2, 0.25) is 20.2 Å². The molecule has 0 spiro atoms. The van der Waals surface area contributed by atoms with Crippen molar-refractivity contribution in [3.8, 4) is 11.3 Å². The summed E-state index contributed by atoms with van der Waals surface area (Å²) >= 11 is 0.163. The zero-order chi connectivity index (χ0) is 24.5. The summed E-state index contributed by atoms with van der Waals surface area (Å²) in [6, 6.07) is 7.45. The molecule has 0 radical (unpaired) electrons. The Balaban J connectivity index is 1.84. The van der Waals surface area contributed by atoms with Crippen molar-refractivity contribution >= 4 is 66.7 Å². The van der Waals surface area contributed by atoms with Crippen molar-refractivity contribution in [3.63, 3.8) is 0 Å². The number of pyridine rings is 2. The average molecular weight is 517 g/mol. The van der Waals surface area contributed by atoms with Gasteiger partial charge in [0, 0.05) is 34.5 Å². The molecule has 3 N–H and O–H groups in total. The van der Waals surface area contributed by atoms with E-state index < -0.39 is 21.2 Å². The van der Waals surface area contributed by atoms with E-state index >= 15 is 0 Å². The van der Waals surface area contributed by atoms with Crippen molar-refractivity contribution in [1.82, 2.24) is 14.7 Å². The second kappa shape index (κ2) is 9.82. The zero-order valence-electron chi connectivity index (χ0n) is 18.7. The van der Waals surface area contributed by atoms with Crippen LogP contribution in [0.2, 0.25) is 0 Å². The molecule has 1 unspecified atom stereocenters. The van der Waals surface area contributed by atoms with Gasteiger partial charge in [-0.25, -0.2) is 23.4 Å². The Morgan fingerprint density at radius 2 is 2.18 bits per heavy atom. The number of nitrogens with zero attached hydrogens (tertiary/aromatic N) is 4. The van der Waals surface area contributed by atoms with Crippen LogP contribution in [0.5, 0.6) is 0 Å². The van der Waals surface area contributed by atoms with Crippen LogP contribution in [0.4, 0.5) is 5.69 Å². The largest absolute Gasteiger partial charge is 0.611 e. The molecule has 34 heavy (non-hydrogen) atoms. The fraction of sp³-hybridized carbons (Fsp3) is 0.273. The molecule has 1 saturated carbocycles. The predicted molar refractivity (Wildman–Crippen MR) is 140 cm³/mol. The van der Waals surface area contributed by atoms with Crippen LogP contribution < -0.4 is 10.5 Å². The number of hydrogen-bond acceptors (Lipinski definition) is 8. The summed E-state index contributed by atoms with van der Waals surface area (Å²) in [5, 5.41) is 0.870. The minimum atomic E-state index is -3.54. The molecule has 1 aliphatic rings. The van der Waals surface area contributed by atoms with Crippen LogP contribution in [0.25, 0.3) is 27.0 Å². The molecule has 9 nitrogen and oxygen atoms in total. The number of aromatic nitrogens is 2. The Morgan fingerprint density at radius 3 is 2.76 bits per heavy atom. The quantitative estimate of drug-likeness (QED) is 0.291. The smallest absolute Gasteiger partial charge is 0.235 e. The van der Waals surface area contributed by atoms with Crippen molar-refractivity contribution in [2.24, 2.45) is 9.98 Å². The molecule has 0 amide bonds. The van der Waals surface area contributed by atoms with E-state index in [2.05, 4.69) is 26.4 Å². The lowest BCUT2D eigenvalue weighted by atomic mass is 10.00. The molecule has 0 aromatic carbocycles. The van der Waals surface area contributed by atoms with Crippen molar-refractivity contribution in [1.29, 1.82) is 0 Å². The topological polar surface area (TPSA) is 146 Å².